The fraction of sp³-hybridized carbons (Fsp3) is 0.478. The molecule has 0 atom stereocenters. The van der Waals surface area contributed by atoms with Gasteiger partial charge in [0, 0.05) is 37.6 Å². The lowest BCUT2D eigenvalue weighted by Crippen LogP contribution is -2.49. The van der Waals surface area contributed by atoms with Crippen molar-refractivity contribution in [3.8, 4) is 0 Å². The Bertz CT molecular complexity index is 889. The predicted octanol–water partition coefficient (Wildman–Crippen LogP) is 4.32. The molecule has 1 N–H and O–H groups in total. The van der Waals surface area contributed by atoms with Crippen LogP contribution in [0.15, 0.2) is 30.3 Å². The number of anilines is 1. The van der Waals surface area contributed by atoms with Crippen molar-refractivity contribution in [1.29, 1.82) is 0 Å². The van der Waals surface area contributed by atoms with Crippen molar-refractivity contribution in [2.75, 3.05) is 38.1 Å². The largest absolute Gasteiger partial charge is 0.462 e. The van der Waals surface area contributed by atoms with Crippen molar-refractivity contribution >= 4 is 39.6 Å². The molecule has 160 valence electrons. The Morgan fingerprint density at radius 3 is 2.60 bits per heavy atom. The number of piperazine rings is 1. The Morgan fingerprint density at radius 1 is 1.13 bits per heavy atom. The number of rotatable bonds is 5. The summed E-state index contributed by atoms with van der Waals surface area (Å²) < 4.78 is 5.35. The van der Waals surface area contributed by atoms with Crippen LogP contribution >= 0.6 is 23.6 Å². The van der Waals surface area contributed by atoms with E-state index in [0.29, 0.717) is 17.3 Å². The van der Waals surface area contributed by atoms with Gasteiger partial charge in [0.2, 0.25) is 0 Å². The zero-order valence-corrected chi connectivity index (χ0v) is 19.1. The van der Waals surface area contributed by atoms with Crippen LogP contribution in [0.5, 0.6) is 0 Å². The van der Waals surface area contributed by atoms with Crippen molar-refractivity contribution in [3.63, 3.8) is 0 Å². The molecule has 1 aromatic carbocycles. The molecule has 7 heteroatoms. The highest BCUT2D eigenvalue weighted by Crippen LogP contribution is 2.38. The van der Waals surface area contributed by atoms with Crippen molar-refractivity contribution in [2.45, 2.75) is 39.2 Å². The maximum atomic E-state index is 12.7. The molecule has 0 amide bonds. The average molecular weight is 444 g/mol. The number of nitrogens with one attached hydrogen (secondary N) is 1. The van der Waals surface area contributed by atoms with Gasteiger partial charge in [-0.05, 0) is 56.0 Å². The Morgan fingerprint density at radius 2 is 1.87 bits per heavy atom. The minimum atomic E-state index is -0.227. The lowest BCUT2D eigenvalue weighted by molar-refractivity contribution is 0.0526. The van der Waals surface area contributed by atoms with Crippen molar-refractivity contribution in [2.24, 2.45) is 0 Å². The number of fused-ring (bicyclic) bond motifs is 1. The normalized spacial score (nSPS) is 16.8. The van der Waals surface area contributed by atoms with E-state index in [2.05, 4.69) is 45.4 Å². The number of ether oxygens (including phenoxy) is 1. The lowest BCUT2D eigenvalue weighted by Gasteiger charge is -2.36. The molecule has 30 heavy (non-hydrogen) atoms. The molecular weight excluding hydrogens is 414 g/mol. The summed E-state index contributed by atoms with van der Waals surface area (Å²) in [5.74, 6) is -0.227. The minimum absolute atomic E-state index is 0.227. The van der Waals surface area contributed by atoms with Crippen LogP contribution in [-0.2, 0) is 24.1 Å². The van der Waals surface area contributed by atoms with E-state index >= 15 is 0 Å². The first-order chi connectivity index (χ1) is 14.7. The first kappa shape index (κ1) is 21.3. The third-order valence-electron chi connectivity index (χ3n) is 5.78. The van der Waals surface area contributed by atoms with Gasteiger partial charge in [-0.25, -0.2) is 4.79 Å². The molecule has 2 aromatic rings. The van der Waals surface area contributed by atoms with Gasteiger partial charge in [-0.3, -0.25) is 4.90 Å². The number of hydrogen-bond donors (Lipinski definition) is 1. The van der Waals surface area contributed by atoms with Crippen LogP contribution in [0.2, 0.25) is 0 Å². The number of thiophene rings is 1. The number of carbonyl (C=O) groups excluding carboxylic acids is 1. The van der Waals surface area contributed by atoms with Crippen LogP contribution in [0.4, 0.5) is 5.00 Å². The molecule has 2 aliphatic rings. The topological polar surface area (TPSA) is 44.8 Å². The molecule has 1 fully saturated rings. The maximum Gasteiger partial charge on any atom is 0.341 e. The van der Waals surface area contributed by atoms with Gasteiger partial charge in [0.05, 0.1) is 12.2 Å². The van der Waals surface area contributed by atoms with Crippen LogP contribution in [-0.4, -0.2) is 53.7 Å². The number of esters is 1. The summed E-state index contributed by atoms with van der Waals surface area (Å²) in [4.78, 5) is 18.6. The molecule has 1 aromatic heterocycles. The van der Waals surface area contributed by atoms with Gasteiger partial charge in [0.1, 0.15) is 5.00 Å². The first-order valence-electron chi connectivity index (χ1n) is 10.8. The van der Waals surface area contributed by atoms with E-state index in [9.17, 15) is 4.79 Å². The fourth-order valence-corrected chi connectivity index (χ4v) is 5.83. The monoisotopic (exact) mass is 443 g/mol. The highest BCUT2D eigenvalue weighted by molar-refractivity contribution is 7.80. The van der Waals surface area contributed by atoms with Crippen molar-refractivity contribution in [3.05, 3.63) is 51.9 Å². The van der Waals surface area contributed by atoms with Crippen LogP contribution < -0.4 is 5.32 Å². The fourth-order valence-electron chi connectivity index (χ4n) is 4.20. The van der Waals surface area contributed by atoms with E-state index < -0.39 is 0 Å². The second-order valence-corrected chi connectivity index (χ2v) is 9.31. The summed E-state index contributed by atoms with van der Waals surface area (Å²) >= 11 is 7.40. The highest BCUT2D eigenvalue weighted by atomic mass is 32.1. The van der Waals surface area contributed by atoms with Crippen LogP contribution in [0.1, 0.15) is 46.1 Å². The third kappa shape index (κ3) is 4.85. The standard InChI is InChI=1S/C23H29N3O2S2/c1-2-28-22(27)20-18-10-6-7-11-19(18)30-21(20)24-23(29)26-14-12-25(13-15-26)16-17-8-4-3-5-9-17/h3-5,8-9H,2,6-7,10-16H2,1H3,(H,24,29). The van der Waals surface area contributed by atoms with E-state index in [1.165, 1.54) is 22.4 Å². The van der Waals surface area contributed by atoms with Crippen molar-refractivity contribution in [1.82, 2.24) is 9.80 Å². The van der Waals surface area contributed by atoms with Gasteiger partial charge >= 0.3 is 5.97 Å². The molecule has 1 aliphatic heterocycles. The summed E-state index contributed by atoms with van der Waals surface area (Å²) in [6.45, 7) is 6.93. The molecule has 1 aliphatic carbocycles. The summed E-state index contributed by atoms with van der Waals surface area (Å²) in [7, 11) is 0. The predicted molar refractivity (Wildman–Crippen MR) is 126 cm³/mol. The molecule has 0 unspecified atom stereocenters. The second-order valence-electron chi connectivity index (χ2n) is 7.81. The lowest BCUT2D eigenvalue weighted by atomic mass is 9.95. The molecule has 0 bridgehead atoms. The SMILES string of the molecule is CCOC(=O)c1c(NC(=S)N2CCN(Cc3ccccc3)CC2)sc2c1CCCC2. The smallest absolute Gasteiger partial charge is 0.341 e. The number of thiocarbonyl (C=S) groups is 1. The summed E-state index contributed by atoms with van der Waals surface area (Å²) in [6, 6.07) is 10.6. The molecular formula is C23H29N3O2S2. The zero-order chi connectivity index (χ0) is 20.9. The van der Waals surface area contributed by atoms with Gasteiger partial charge in [-0.15, -0.1) is 11.3 Å². The number of hydrogen-bond acceptors (Lipinski definition) is 5. The molecule has 5 nitrogen and oxygen atoms in total. The van der Waals surface area contributed by atoms with Crippen LogP contribution in [0.25, 0.3) is 0 Å². The Hall–Kier alpha value is -1.96. The van der Waals surface area contributed by atoms with E-state index in [-0.39, 0.29) is 5.97 Å². The Labute approximate surface area is 188 Å². The molecule has 1 saturated heterocycles. The molecule has 2 heterocycles. The molecule has 4 rings (SSSR count). The Balaban J connectivity index is 1.39. The van der Waals surface area contributed by atoms with Crippen LogP contribution in [0, 0.1) is 0 Å². The van der Waals surface area contributed by atoms with Gasteiger partial charge in [-0.2, -0.15) is 0 Å². The number of benzene rings is 1. The van der Waals surface area contributed by atoms with E-state index in [1.54, 1.807) is 11.3 Å². The van der Waals surface area contributed by atoms with Gasteiger partial charge in [-0.1, -0.05) is 30.3 Å². The second kappa shape index (κ2) is 9.90. The summed E-state index contributed by atoms with van der Waals surface area (Å²) in [5, 5.41) is 4.96. The third-order valence-corrected chi connectivity index (χ3v) is 7.35. The number of aryl methyl sites for hydroxylation is 1. The Kier molecular flexibility index (Phi) is 7.02. The average Bonchev–Trinajstić information content (AvgIpc) is 3.13. The first-order valence-corrected chi connectivity index (χ1v) is 12.0. The molecule has 0 spiro atoms. The molecule has 0 radical (unpaired) electrons. The summed E-state index contributed by atoms with van der Waals surface area (Å²) in [6.07, 6.45) is 4.30. The minimum Gasteiger partial charge on any atom is -0.462 e. The van der Waals surface area contributed by atoms with Crippen molar-refractivity contribution < 1.29 is 9.53 Å². The van der Waals surface area contributed by atoms with Crippen LogP contribution in [0.3, 0.4) is 0 Å². The van der Waals surface area contributed by atoms with E-state index in [4.69, 9.17) is 17.0 Å². The highest BCUT2D eigenvalue weighted by Gasteiger charge is 2.28. The number of carbonyl (C=O) groups is 1. The van der Waals surface area contributed by atoms with Gasteiger partial charge in [0.15, 0.2) is 5.11 Å². The quantitative estimate of drug-likeness (QED) is 0.549. The van der Waals surface area contributed by atoms with Gasteiger partial charge < -0.3 is 15.0 Å². The van der Waals surface area contributed by atoms with E-state index in [1.807, 2.05) is 6.92 Å². The zero-order valence-electron chi connectivity index (χ0n) is 17.5. The summed E-state index contributed by atoms with van der Waals surface area (Å²) in [5.41, 5.74) is 3.22. The number of nitrogens with zero attached hydrogens (tertiary/aromatic N) is 2. The molecule has 0 saturated carbocycles. The van der Waals surface area contributed by atoms with E-state index in [0.717, 1.165) is 57.0 Å². The van der Waals surface area contributed by atoms with Gasteiger partial charge in [0.25, 0.3) is 0 Å². The maximum absolute atomic E-state index is 12.7.